The van der Waals surface area contributed by atoms with Crippen molar-refractivity contribution < 1.29 is 9.72 Å². The monoisotopic (exact) mass is 406 g/mol. The van der Waals surface area contributed by atoms with Gasteiger partial charge >= 0.3 is 0 Å². The van der Waals surface area contributed by atoms with Crippen molar-refractivity contribution in [3.05, 3.63) is 74.8 Å². The van der Waals surface area contributed by atoms with E-state index >= 15 is 0 Å². The molecule has 0 bridgehead atoms. The number of hydrogen-bond acceptors (Lipinski definition) is 7. The van der Waals surface area contributed by atoms with Crippen molar-refractivity contribution in [3.63, 3.8) is 0 Å². The number of aromatic nitrogens is 2. The number of nitro benzene ring substituents is 1. The van der Waals surface area contributed by atoms with Gasteiger partial charge in [0.2, 0.25) is 5.13 Å². The van der Waals surface area contributed by atoms with E-state index in [-0.39, 0.29) is 5.69 Å². The van der Waals surface area contributed by atoms with Gasteiger partial charge in [0.15, 0.2) is 4.34 Å². The highest BCUT2D eigenvalue weighted by Crippen LogP contribution is 2.29. The first-order valence-corrected chi connectivity index (χ1v) is 9.46. The van der Waals surface area contributed by atoms with Crippen LogP contribution in [0, 0.1) is 10.1 Å². The highest BCUT2D eigenvalue weighted by atomic mass is 35.5. The highest BCUT2D eigenvalue weighted by Gasteiger charge is 2.12. The summed E-state index contributed by atoms with van der Waals surface area (Å²) in [5.41, 5.74) is 1.30. The van der Waals surface area contributed by atoms with E-state index in [4.69, 9.17) is 11.6 Å². The molecule has 0 aliphatic heterocycles. The maximum atomic E-state index is 12.2. The van der Waals surface area contributed by atoms with Gasteiger partial charge in [-0.2, -0.15) is 0 Å². The quantitative estimate of drug-likeness (QED) is 0.277. The Kier molecular flexibility index (Phi) is 5.82. The van der Waals surface area contributed by atoms with Gasteiger partial charge in [-0.25, -0.2) is 0 Å². The van der Waals surface area contributed by atoms with Crippen LogP contribution < -0.4 is 5.32 Å². The molecule has 3 aromatic rings. The van der Waals surface area contributed by atoms with Crippen LogP contribution in [0.3, 0.4) is 0 Å². The normalized spacial score (nSPS) is 10.5. The molecule has 26 heavy (non-hydrogen) atoms. The lowest BCUT2D eigenvalue weighted by Crippen LogP contribution is -2.11. The van der Waals surface area contributed by atoms with Crippen LogP contribution in [0.4, 0.5) is 10.8 Å². The highest BCUT2D eigenvalue weighted by molar-refractivity contribution is 8.00. The van der Waals surface area contributed by atoms with Crippen molar-refractivity contribution in [2.75, 3.05) is 5.32 Å². The van der Waals surface area contributed by atoms with E-state index in [1.54, 1.807) is 0 Å². The fourth-order valence-corrected chi connectivity index (χ4v) is 3.90. The Morgan fingerprint density at radius 2 is 2.00 bits per heavy atom. The zero-order valence-electron chi connectivity index (χ0n) is 13.1. The third-order valence-electron chi connectivity index (χ3n) is 3.22. The summed E-state index contributed by atoms with van der Waals surface area (Å²) in [6.45, 7) is 0. The molecule has 132 valence electrons. The number of rotatable bonds is 6. The largest absolute Gasteiger partial charge is 0.296 e. The van der Waals surface area contributed by atoms with Gasteiger partial charge in [-0.15, -0.1) is 10.2 Å². The molecule has 1 aromatic heterocycles. The molecule has 0 radical (unpaired) electrons. The minimum Gasteiger partial charge on any atom is -0.296 e. The van der Waals surface area contributed by atoms with E-state index in [0.717, 1.165) is 5.56 Å². The third-order valence-corrected chi connectivity index (χ3v) is 5.50. The average molecular weight is 407 g/mol. The van der Waals surface area contributed by atoms with Gasteiger partial charge < -0.3 is 0 Å². The van der Waals surface area contributed by atoms with Crippen LogP contribution in [0.25, 0.3) is 0 Å². The molecule has 2 aromatic carbocycles. The van der Waals surface area contributed by atoms with Crippen LogP contribution in [0.1, 0.15) is 15.9 Å². The van der Waals surface area contributed by atoms with Gasteiger partial charge in [-0.3, -0.25) is 20.2 Å². The van der Waals surface area contributed by atoms with Crippen molar-refractivity contribution in [2.24, 2.45) is 0 Å². The van der Waals surface area contributed by atoms with E-state index in [1.807, 2.05) is 24.3 Å². The molecule has 7 nitrogen and oxygen atoms in total. The van der Waals surface area contributed by atoms with Crippen LogP contribution >= 0.6 is 34.7 Å². The number of carbonyl (C=O) groups excluding carboxylic acids is 1. The van der Waals surface area contributed by atoms with Crippen molar-refractivity contribution in [1.29, 1.82) is 0 Å². The van der Waals surface area contributed by atoms with Crippen LogP contribution in [-0.4, -0.2) is 21.0 Å². The predicted molar refractivity (Wildman–Crippen MR) is 102 cm³/mol. The molecule has 3 rings (SSSR count). The summed E-state index contributed by atoms with van der Waals surface area (Å²) in [4.78, 5) is 22.3. The van der Waals surface area contributed by atoms with Gasteiger partial charge in [0.1, 0.15) is 0 Å². The molecule has 0 saturated heterocycles. The zero-order valence-corrected chi connectivity index (χ0v) is 15.5. The van der Waals surface area contributed by atoms with E-state index in [0.29, 0.717) is 25.8 Å². The summed E-state index contributed by atoms with van der Waals surface area (Å²) in [6.07, 6.45) is 0. The van der Waals surface area contributed by atoms with E-state index < -0.39 is 10.8 Å². The molecule has 0 aliphatic rings. The number of amides is 1. The number of thioether (sulfide) groups is 1. The Hall–Kier alpha value is -2.49. The molecular weight excluding hydrogens is 396 g/mol. The molecule has 0 fully saturated rings. The lowest BCUT2D eigenvalue weighted by Gasteiger charge is -2.00. The molecule has 0 saturated carbocycles. The average Bonchev–Trinajstić information content (AvgIpc) is 3.07. The first kappa shape index (κ1) is 18.3. The van der Waals surface area contributed by atoms with Gasteiger partial charge in [-0.1, -0.05) is 46.8 Å². The first-order chi connectivity index (χ1) is 12.5. The summed E-state index contributed by atoms with van der Waals surface area (Å²) in [5.74, 6) is 0.285. The standard InChI is InChI=1S/C16H11ClN4O3S2/c17-12-3-1-2-10(8-12)9-25-16-20-19-15(26-16)18-14(22)11-4-6-13(7-5-11)21(23)24/h1-8H,9H2,(H,18,19,22). The Bertz CT molecular complexity index is 947. The molecule has 10 heteroatoms. The molecule has 1 amide bonds. The van der Waals surface area contributed by atoms with Gasteiger partial charge in [-0.05, 0) is 29.8 Å². The van der Waals surface area contributed by atoms with E-state index in [9.17, 15) is 14.9 Å². The number of benzene rings is 2. The lowest BCUT2D eigenvalue weighted by molar-refractivity contribution is -0.384. The summed E-state index contributed by atoms with van der Waals surface area (Å²) in [6, 6.07) is 12.9. The van der Waals surface area contributed by atoms with Crippen LogP contribution in [0.2, 0.25) is 5.02 Å². The van der Waals surface area contributed by atoms with Crippen molar-refractivity contribution in [3.8, 4) is 0 Å². The third kappa shape index (κ3) is 4.78. The topological polar surface area (TPSA) is 98.0 Å². The number of nitrogens with zero attached hydrogens (tertiary/aromatic N) is 3. The molecule has 0 atom stereocenters. The van der Waals surface area contributed by atoms with Crippen molar-refractivity contribution in [1.82, 2.24) is 10.2 Å². The number of carbonyl (C=O) groups is 1. The van der Waals surface area contributed by atoms with Crippen molar-refractivity contribution >= 4 is 51.4 Å². The van der Waals surface area contributed by atoms with Gasteiger partial charge in [0.25, 0.3) is 11.6 Å². The number of hydrogen-bond donors (Lipinski definition) is 1. The summed E-state index contributed by atoms with van der Waals surface area (Å²) in [7, 11) is 0. The van der Waals surface area contributed by atoms with Gasteiger partial charge in [0, 0.05) is 28.5 Å². The molecule has 0 aliphatic carbocycles. The maximum Gasteiger partial charge on any atom is 0.269 e. The van der Waals surface area contributed by atoms with E-state index in [1.165, 1.54) is 47.4 Å². The minimum atomic E-state index is -0.518. The van der Waals surface area contributed by atoms with Gasteiger partial charge in [0.05, 0.1) is 4.92 Å². The first-order valence-electron chi connectivity index (χ1n) is 7.28. The second-order valence-electron chi connectivity index (χ2n) is 5.05. The number of non-ortho nitro benzene ring substituents is 1. The number of nitrogens with one attached hydrogen (secondary N) is 1. The summed E-state index contributed by atoms with van der Waals surface area (Å²) < 4.78 is 0.712. The van der Waals surface area contributed by atoms with Crippen molar-refractivity contribution in [2.45, 2.75) is 10.1 Å². The molecule has 0 unspecified atom stereocenters. The predicted octanol–water partition coefficient (Wildman–Crippen LogP) is 4.64. The Morgan fingerprint density at radius 1 is 1.23 bits per heavy atom. The number of halogens is 1. The molecule has 1 heterocycles. The number of nitro groups is 1. The van der Waals surface area contributed by atoms with Crippen LogP contribution in [-0.2, 0) is 5.75 Å². The smallest absolute Gasteiger partial charge is 0.269 e. The second kappa shape index (κ2) is 8.26. The van der Waals surface area contributed by atoms with Crippen LogP contribution in [0.5, 0.6) is 0 Å². The SMILES string of the molecule is O=C(Nc1nnc(SCc2cccc(Cl)c2)s1)c1ccc([N+](=O)[O-])cc1. The summed E-state index contributed by atoms with van der Waals surface area (Å²) >= 11 is 8.70. The fourth-order valence-electron chi connectivity index (χ4n) is 1.99. The van der Waals surface area contributed by atoms with Crippen LogP contribution in [0.15, 0.2) is 52.9 Å². The Balaban J connectivity index is 1.59. The minimum absolute atomic E-state index is 0.0721. The second-order valence-corrected chi connectivity index (χ2v) is 7.69. The fraction of sp³-hybridized carbons (Fsp3) is 0.0625. The Labute approximate surface area is 161 Å². The summed E-state index contributed by atoms with van der Waals surface area (Å²) in [5, 5.41) is 22.3. The molecular formula is C16H11ClN4O3S2. The van der Waals surface area contributed by atoms with E-state index in [2.05, 4.69) is 15.5 Å². The molecule has 1 N–H and O–H groups in total. The molecule has 0 spiro atoms. The Morgan fingerprint density at radius 3 is 2.69 bits per heavy atom. The maximum absolute atomic E-state index is 12.2. The lowest BCUT2D eigenvalue weighted by atomic mass is 10.2. The number of anilines is 1. The zero-order chi connectivity index (χ0) is 18.5.